The third-order valence-corrected chi connectivity index (χ3v) is 14.1. The Hall–Kier alpha value is -2.38. The second kappa shape index (κ2) is 12.0. The molecular weight excluding hydrogens is 488 g/mol. The van der Waals surface area contributed by atoms with Crippen LogP contribution in [0.1, 0.15) is 84.5 Å². The molecule has 0 unspecified atom stereocenters. The smallest absolute Gasteiger partial charge is 0.224 e. The Morgan fingerprint density at radius 3 is 2.24 bits per heavy atom. The molecule has 4 nitrogen and oxygen atoms in total. The van der Waals surface area contributed by atoms with E-state index < -0.39 is 20.0 Å². The van der Waals surface area contributed by atoms with Crippen molar-refractivity contribution in [3.05, 3.63) is 59.7 Å². The van der Waals surface area contributed by atoms with Gasteiger partial charge in [-0.15, -0.1) is 0 Å². The maximum absolute atomic E-state index is 14.3. The molecule has 0 spiro atoms. The van der Waals surface area contributed by atoms with Crippen LogP contribution >= 0.6 is 0 Å². The Balaban J connectivity index is 1.73. The van der Waals surface area contributed by atoms with Gasteiger partial charge in [-0.3, -0.25) is 9.59 Å². The van der Waals surface area contributed by atoms with Crippen LogP contribution in [0, 0.1) is 11.6 Å². The summed E-state index contributed by atoms with van der Waals surface area (Å²) >= 11 is 0. The van der Waals surface area contributed by atoms with Gasteiger partial charge in [-0.1, -0.05) is 59.7 Å². The van der Waals surface area contributed by atoms with Crippen molar-refractivity contribution >= 4 is 20.0 Å². The Labute approximate surface area is 221 Å². The maximum Gasteiger partial charge on any atom is 0.224 e. The van der Waals surface area contributed by atoms with Crippen LogP contribution in [0.2, 0.25) is 16.6 Å². The molecule has 1 heterocycles. The van der Waals surface area contributed by atoms with Crippen LogP contribution in [-0.4, -0.2) is 37.2 Å². The number of carbonyl (C=O) groups excluding carboxylic acids is 2. The molecule has 0 bridgehead atoms. The summed E-state index contributed by atoms with van der Waals surface area (Å²) in [4.78, 5) is 27.9. The standard InChI is InChI=1S/C30H41F2NO3Si/c1-19(2)37(20(3)4,21(5)6)36-22(7)33-26(13-16-30(33)35)12-15-29(34)24-10-8-9-23(17-24)27-14-11-25(31)18-28(27)32/h8-11,14,17-22,26H,12-13,15-16H2,1-7H3/t22-,26-/m1/s1. The normalized spacial score (nSPS) is 17.4. The Morgan fingerprint density at radius 1 is 1.00 bits per heavy atom. The van der Waals surface area contributed by atoms with Gasteiger partial charge in [0.1, 0.15) is 17.9 Å². The summed E-state index contributed by atoms with van der Waals surface area (Å²) in [7, 11) is -2.18. The van der Waals surface area contributed by atoms with Gasteiger partial charge in [0.25, 0.3) is 0 Å². The molecule has 2 aromatic carbocycles. The zero-order valence-electron chi connectivity index (χ0n) is 23.2. The van der Waals surface area contributed by atoms with Crippen molar-refractivity contribution in [3.63, 3.8) is 0 Å². The fourth-order valence-electron chi connectivity index (χ4n) is 6.33. The van der Waals surface area contributed by atoms with Crippen LogP contribution in [0.15, 0.2) is 42.5 Å². The van der Waals surface area contributed by atoms with Crippen LogP contribution in [0.4, 0.5) is 8.78 Å². The van der Waals surface area contributed by atoms with Crippen LogP contribution in [0.3, 0.4) is 0 Å². The molecule has 0 radical (unpaired) electrons. The lowest BCUT2D eigenvalue weighted by atomic mass is 9.97. The molecule has 0 saturated carbocycles. The number of benzene rings is 2. The lowest BCUT2D eigenvalue weighted by Gasteiger charge is -2.46. The molecule has 7 heteroatoms. The Bertz CT molecular complexity index is 1100. The highest BCUT2D eigenvalue weighted by Crippen LogP contribution is 2.44. The van der Waals surface area contributed by atoms with Gasteiger partial charge in [0.2, 0.25) is 14.2 Å². The molecule has 2 atom stereocenters. The predicted molar refractivity (Wildman–Crippen MR) is 147 cm³/mol. The van der Waals surface area contributed by atoms with E-state index in [2.05, 4.69) is 41.5 Å². The van der Waals surface area contributed by atoms with Crippen molar-refractivity contribution in [2.24, 2.45) is 0 Å². The third kappa shape index (κ3) is 6.20. The molecule has 0 N–H and O–H groups in total. The second-order valence-corrected chi connectivity index (χ2v) is 16.6. The monoisotopic (exact) mass is 529 g/mol. The molecule has 2 aromatic rings. The molecule has 1 aliphatic rings. The quantitative estimate of drug-likeness (QED) is 0.218. The van der Waals surface area contributed by atoms with E-state index in [1.807, 2.05) is 11.8 Å². The highest BCUT2D eigenvalue weighted by atomic mass is 28.4. The summed E-state index contributed by atoms with van der Waals surface area (Å²) in [6, 6.07) is 10.2. The zero-order valence-corrected chi connectivity index (χ0v) is 24.2. The fraction of sp³-hybridized carbons (Fsp3) is 0.533. The molecule has 1 saturated heterocycles. The first kappa shape index (κ1) is 29.2. The van der Waals surface area contributed by atoms with Gasteiger partial charge in [0, 0.05) is 36.1 Å². The van der Waals surface area contributed by atoms with Gasteiger partial charge >= 0.3 is 0 Å². The molecular formula is C30H41F2NO3Si. The van der Waals surface area contributed by atoms with Gasteiger partial charge in [0.05, 0.1) is 0 Å². The minimum Gasteiger partial charge on any atom is -0.396 e. The van der Waals surface area contributed by atoms with E-state index in [1.54, 1.807) is 24.3 Å². The van der Waals surface area contributed by atoms with Crippen LogP contribution in [0.25, 0.3) is 11.1 Å². The summed E-state index contributed by atoms with van der Waals surface area (Å²) in [5.74, 6) is -1.29. The Morgan fingerprint density at radius 2 is 1.65 bits per heavy atom. The van der Waals surface area contributed by atoms with E-state index in [1.165, 1.54) is 12.1 Å². The number of nitrogens with zero attached hydrogens (tertiary/aromatic N) is 1. The first-order chi connectivity index (χ1) is 17.4. The summed E-state index contributed by atoms with van der Waals surface area (Å²) < 4.78 is 34.5. The summed E-state index contributed by atoms with van der Waals surface area (Å²) in [5.41, 5.74) is 2.48. The van der Waals surface area contributed by atoms with E-state index in [0.29, 0.717) is 47.0 Å². The number of amides is 1. The average Bonchev–Trinajstić information content (AvgIpc) is 3.20. The lowest BCUT2D eigenvalue weighted by Crippen LogP contribution is -2.54. The van der Waals surface area contributed by atoms with Crippen molar-refractivity contribution in [1.82, 2.24) is 4.90 Å². The molecule has 202 valence electrons. The number of hydrogen-bond acceptors (Lipinski definition) is 3. The lowest BCUT2D eigenvalue weighted by molar-refractivity contribution is -0.137. The van der Waals surface area contributed by atoms with Gasteiger partial charge < -0.3 is 9.33 Å². The van der Waals surface area contributed by atoms with Gasteiger partial charge in [0.15, 0.2) is 5.78 Å². The van der Waals surface area contributed by atoms with Gasteiger partial charge in [-0.25, -0.2) is 8.78 Å². The molecule has 37 heavy (non-hydrogen) atoms. The average molecular weight is 530 g/mol. The van der Waals surface area contributed by atoms with E-state index in [4.69, 9.17) is 4.43 Å². The van der Waals surface area contributed by atoms with Gasteiger partial charge in [-0.2, -0.15) is 0 Å². The highest BCUT2D eigenvalue weighted by Gasteiger charge is 2.48. The van der Waals surface area contributed by atoms with Crippen molar-refractivity contribution in [1.29, 1.82) is 0 Å². The molecule has 1 aliphatic heterocycles. The van der Waals surface area contributed by atoms with Crippen molar-refractivity contribution in [3.8, 4) is 11.1 Å². The minimum atomic E-state index is -2.18. The van der Waals surface area contributed by atoms with Crippen LogP contribution < -0.4 is 0 Å². The number of hydrogen-bond donors (Lipinski definition) is 0. The third-order valence-electron chi connectivity index (χ3n) is 7.98. The second-order valence-electron chi connectivity index (χ2n) is 11.2. The minimum absolute atomic E-state index is 0.0534. The maximum atomic E-state index is 14.3. The van der Waals surface area contributed by atoms with E-state index in [0.717, 1.165) is 6.07 Å². The van der Waals surface area contributed by atoms with E-state index in [-0.39, 0.29) is 35.9 Å². The summed E-state index contributed by atoms with van der Waals surface area (Å²) in [6.07, 6.45) is 1.66. The summed E-state index contributed by atoms with van der Waals surface area (Å²) in [5, 5.41) is 0. The number of carbonyl (C=O) groups is 2. The number of halogens is 2. The highest BCUT2D eigenvalue weighted by molar-refractivity contribution is 6.77. The largest absolute Gasteiger partial charge is 0.396 e. The predicted octanol–water partition coefficient (Wildman–Crippen LogP) is 8.12. The summed E-state index contributed by atoms with van der Waals surface area (Å²) in [6.45, 7) is 15.4. The number of rotatable bonds is 11. The van der Waals surface area contributed by atoms with E-state index >= 15 is 0 Å². The molecule has 0 aliphatic carbocycles. The number of ketones is 1. The van der Waals surface area contributed by atoms with Crippen molar-refractivity contribution in [2.75, 3.05) is 0 Å². The molecule has 1 amide bonds. The number of Topliss-reactive ketones (excluding diaryl/α,β-unsaturated/α-hetero) is 1. The topological polar surface area (TPSA) is 46.6 Å². The van der Waals surface area contributed by atoms with Crippen molar-refractivity contribution in [2.45, 2.75) is 103 Å². The molecule has 0 aromatic heterocycles. The van der Waals surface area contributed by atoms with Crippen molar-refractivity contribution < 1.29 is 22.8 Å². The van der Waals surface area contributed by atoms with Crippen LogP contribution in [0.5, 0.6) is 0 Å². The van der Waals surface area contributed by atoms with Crippen LogP contribution in [-0.2, 0) is 9.22 Å². The van der Waals surface area contributed by atoms with E-state index in [9.17, 15) is 18.4 Å². The zero-order chi connectivity index (χ0) is 27.5. The Kier molecular flexibility index (Phi) is 9.45. The fourth-order valence-corrected chi connectivity index (χ4v) is 11.9. The molecule has 1 fully saturated rings. The molecule has 3 rings (SSSR count). The first-order valence-electron chi connectivity index (χ1n) is 13.5. The number of likely N-dealkylation sites (tertiary alicyclic amines) is 1. The SMILES string of the molecule is CC(C)[Si](O[C@H](C)N1C(=O)CC[C@H]1CCC(=O)c1cccc(-c2ccc(F)cc2F)c1)(C(C)C)C(C)C. The first-order valence-corrected chi connectivity index (χ1v) is 15.6. The van der Waals surface area contributed by atoms with Gasteiger partial charge in [-0.05, 0) is 60.2 Å².